The fourth-order valence-electron chi connectivity index (χ4n) is 1.93. The number of nitrogens with zero attached hydrogens (tertiary/aromatic N) is 1. The first kappa shape index (κ1) is 12.9. The van der Waals surface area contributed by atoms with Gasteiger partial charge in [0, 0.05) is 24.5 Å². The van der Waals surface area contributed by atoms with Crippen molar-refractivity contribution in [1.82, 2.24) is 4.90 Å². The zero-order valence-corrected chi connectivity index (χ0v) is 10.2. The predicted molar refractivity (Wildman–Crippen MR) is 61.8 cm³/mol. The molecule has 0 spiro atoms. The molecule has 0 aromatic heterocycles. The van der Waals surface area contributed by atoms with Crippen LogP contribution in [-0.2, 0) is 0 Å². The Labute approximate surface area is 93.1 Å². The summed E-state index contributed by atoms with van der Waals surface area (Å²) in [5, 5.41) is 18.7. The molecule has 0 aromatic rings. The molecule has 0 amide bonds. The molecule has 90 valence electrons. The van der Waals surface area contributed by atoms with E-state index in [1.165, 1.54) is 19.3 Å². The number of hydrogen-bond donors (Lipinski definition) is 2. The van der Waals surface area contributed by atoms with E-state index in [-0.39, 0.29) is 18.1 Å². The largest absolute Gasteiger partial charge is 0.395 e. The molecule has 1 aliphatic rings. The fraction of sp³-hybridized carbons (Fsp3) is 1.00. The van der Waals surface area contributed by atoms with Crippen molar-refractivity contribution >= 4 is 0 Å². The molecule has 0 aliphatic heterocycles. The van der Waals surface area contributed by atoms with Gasteiger partial charge in [0.1, 0.15) is 0 Å². The molecule has 3 nitrogen and oxygen atoms in total. The lowest BCUT2D eigenvalue weighted by molar-refractivity contribution is 0.00231. The summed E-state index contributed by atoms with van der Waals surface area (Å²) in [6.45, 7) is 7.84. The highest BCUT2D eigenvalue weighted by Crippen LogP contribution is 2.29. The quantitative estimate of drug-likeness (QED) is 0.700. The lowest BCUT2D eigenvalue weighted by Crippen LogP contribution is -2.48. The van der Waals surface area contributed by atoms with Gasteiger partial charge in [0.25, 0.3) is 0 Å². The molecule has 1 atom stereocenters. The molecule has 1 saturated carbocycles. The number of rotatable bonds is 6. The molecule has 0 radical (unpaired) electrons. The second-order valence-corrected chi connectivity index (χ2v) is 5.44. The van der Waals surface area contributed by atoms with Gasteiger partial charge in [-0.25, -0.2) is 0 Å². The molecular formula is C12H25NO2. The molecule has 2 N–H and O–H groups in total. The van der Waals surface area contributed by atoms with Crippen LogP contribution >= 0.6 is 0 Å². The fourth-order valence-corrected chi connectivity index (χ4v) is 1.93. The molecule has 0 bridgehead atoms. The third kappa shape index (κ3) is 3.44. The summed E-state index contributed by atoms with van der Waals surface area (Å²) >= 11 is 0. The number of aliphatic hydroxyl groups excluding tert-OH is 2. The van der Waals surface area contributed by atoms with Gasteiger partial charge in [-0.3, -0.25) is 4.90 Å². The van der Waals surface area contributed by atoms with Crippen LogP contribution in [0.4, 0.5) is 0 Å². The molecule has 0 heterocycles. The van der Waals surface area contributed by atoms with Crippen LogP contribution in [0.1, 0.15) is 40.0 Å². The lowest BCUT2D eigenvalue weighted by Gasteiger charge is -2.42. The summed E-state index contributed by atoms with van der Waals surface area (Å²) in [6, 6.07) is 0.634. The summed E-state index contributed by atoms with van der Waals surface area (Å²) < 4.78 is 0. The third-order valence-electron chi connectivity index (χ3n) is 3.72. The molecule has 3 heteroatoms. The van der Waals surface area contributed by atoms with Gasteiger partial charge in [-0.15, -0.1) is 0 Å². The van der Waals surface area contributed by atoms with Crippen LogP contribution in [0.15, 0.2) is 0 Å². The third-order valence-corrected chi connectivity index (χ3v) is 3.72. The van der Waals surface area contributed by atoms with Crippen molar-refractivity contribution in [3.63, 3.8) is 0 Å². The minimum absolute atomic E-state index is 0.0925. The standard InChI is InChI=1S/C12H25NO2/c1-10(15)12(2,3)9-13(7-8-14)11-5-4-6-11/h10-11,14-15H,4-9H2,1-3H3. The first-order valence-electron chi connectivity index (χ1n) is 6.00. The Morgan fingerprint density at radius 2 is 2.00 bits per heavy atom. The minimum Gasteiger partial charge on any atom is -0.395 e. The van der Waals surface area contributed by atoms with E-state index in [0.29, 0.717) is 6.04 Å². The van der Waals surface area contributed by atoms with E-state index in [1.54, 1.807) is 0 Å². The maximum absolute atomic E-state index is 9.68. The second-order valence-electron chi connectivity index (χ2n) is 5.44. The molecule has 1 rings (SSSR count). The highest BCUT2D eigenvalue weighted by Gasteiger charge is 2.32. The Hall–Kier alpha value is -0.120. The van der Waals surface area contributed by atoms with Gasteiger partial charge in [0.15, 0.2) is 0 Å². The summed E-state index contributed by atoms with van der Waals surface area (Å²) in [5.41, 5.74) is -0.0925. The Morgan fingerprint density at radius 1 is 1.40 bits per heavy atom. The van der Waals surface area contributed by atoms with E-state index in [9.17, 15) is 5.11 Å². The molecule has 15 heavy (non-hydrogen) atoms. The Bertz CT molecular complexity index is 188. The Morgan fingerprint density at radius 3 is 2.33 bits per heavy atom. The van der Waals surface area contributed by atoms with Gasteiger partial charge in [-0.05, 0) is 19.8 Å². The Kier molecular flexibility index (Phi) is 4.56. The molecule has 1 aliphatic carbocycles. The van der Waals surface area contributed by atoms with Crippen LogP contribution in [0.5, 0.6) is 0 Å². The van der Waals surface area contributed by atoms with E-state index >= 15 is 0 Å². The highest BCUT2D eigenvalue weighted by atomic mass is 16.3. The van der Waals surface area contributed by atoms with Crippen molar-refractivity contribution in [3.8, 4) is 0 Å². The van der Waals surface area contributed by atoms with Gasteiger partial charge < -0.3 is 10.2 Å². The van der Waals surface area contributed by atoms with Crippen LogP contribution < -0.4 is 0 Å². The summed E-state index contributed by atoms with van der Waals surface area (Å²) in [6.07, 6.45) is 3.49. The monoisotopic (exact) mass is 215 g/mol. The van der Waals surface area contributed by atoms with Crippen LogP contribution in [0.3, 0.4) is 0 Å². The van der Waals surface area contributed by atoms with E-state index in [4.69, 9.17) is 5.11 Å². The van der Waals surface area contributed by atoms with Gasteiger partial charge >= 0.3 is 0 Å². The number of aliphatic hydroxyl groups is 2. The molecular weight excluding hydrogens is 190 g/mol. The van der Waals surface area contributed by atoms with Crippen molar-refractivity contribution in [2.75, 3.05) is 19.7 Å². The number of hydrogen-bond acceptors (Lipinski definition) is 3. The topological polar surface area (TPSA) is 43.7 Å². The van der Waals surface area contributed by atoms with Crippen LogP contribution in [0.25, 0.3) is 0 Å². The predicted octanol–water partition coefficient (Wildman–Crippen LogP) is 1.24. The van der Waals surface area contributed by atoms with Crippen molar-refractivity contribution in [1.29, 1.82) is 0 Å². The van der Waals surface area contributed by atoms with E-state index in [2.05, 4.69) is 18.7 Å². The minimum atomic E-state index is -0.307. The highest BCUT2D eigenvalue weighted by molar-refractivity contribution is 4.85. The first-order chi connectivity index (χ1) is 6.97. The Balaban J connectivity index is 2.49. The van der Waals surface area contributed by atoms with E-state index in [1.807, 2.05) is 6.92 Å². The molecule has 0 saturated heterocycles. The average Bonchev–Trinajstić information content (AvgIpc) is 1.99. The smallest absolute Gasteiger partial charge is 0.0575 e. The molecule has 1 fully saturated rings. The van der Waals surface area contributed by atoms with Crippen LogP contribution in [0.2, 0.25) is 0 Å². The summed E-state index contributed by atoms with van der Waals surface area (Å²) in [5.74, 6) is 0. The van der Waals surface area contributed by atoms with E-state index < -0.39 is 0 Å². The first-order valence-corrected chi connectivity index (χ1v) is 6.00. The summed E-state index contributed by atoms with van der Waals surface area (Å²) in [7, 11) is 0. The van der Waals surface area contributed by atoms with Gasteiger partial charge in [-0.2, -0.15) is 0 Å². The van der Waals surface area contributed by atoms with Gasteiger partial charge in [-0.1, -0.05) is 20.3 Å². The van der Waals surface area contributed by atoms with Crippen molar-refractivity contribution in [2.24, 2.45) is 5.41 Å². The maximum Gasteiger partial charge on any atom is 0.0575 e. The molecule has 0 aromatic carbocycles. The maximum atomic E-state index is 9.68. The van der Waals surface area contributed by atoms with Gasteiger partial charge in [0.2, 0.25) is 0 Å². The van der Waals surface area contributed by atoms with Crippen LogP contribution in [-0.4, -0.2) is 47.0 Å². The van der Waals surface area contributed by atoms with Gasteiger partial charge in [0.05, 0.1) is 12.7 Å². The summed E-state index contributed by atoms with van der Waals surface area (Å²) in [4.78, 5) is 2.33. The SMILES string of the molecule is CC(O)C(C)(C)CN(CCO)C1CCC1. The zero-order valence-electron chi connectivity index (χ0n) is 10.2. The average molecular weight is 215 g/mol. The second kappa shape index (κ2) is 5.28. The van der Waals surface area contributed by atoms with Crippen molar-refractivity contribution < 1.29 is 10.2 Å². The lowest BCUT2D eigenvalue weighted by atomic mass is 9.84. The van der Waals surface area contributed by atoms with E-state index in [0.717, 1.165) is 13.1 Å². The normalized spacial score (nSPS) is 20.4. The van der Waals surface area contributed by atoms with Crippen molar-refractivity contribution in [3.05, 3.63) is 0 Å². The zero-order chi connectivity index (χ0) is 11.5. The van der Waals surface area contributed by atoms with Crippen molar-refractivity contribution in [2.45, 2.75) is 52.2 Å². The molecule has 1 unspecified atom stereocenters. The van der Waals surface area contributed by atoms with Crippen LogP contribution in [0, 0.1) is 5.41 Å².